The molecule has 0 bridgehead atoms. The topological polar surface area (TPSA) is 89.0 Å². The van der Waals surface area contributed by atoms with Crippen LogP contribution in [0.5, 0.6) is 0 Å². The number of aryl methyl sites for hydroxylation is 1. The molecule has 1 fully saturated rings. The Morgan fingerprint density at radius 2 is 1.77 bits per heavy atom. The zero-order valence-electron chi connectivity index (χ0n) is 16.7. The number of nitrogens with zero attached hydrogens (tertiary/aromatic N) is 2. The Morgan fingerprint density at radius 3 is 2.27 bits per heavy atom. The smallest absolute Gasteiger partial charge is 0.257 e. The van der Waals surface area contributed by atoms with Crippen LogP contribution in [0.15, 0.2) is 47.6 Å². The SMILES string of the molecule is CCc1cnc(NC(=O)/C(=C/[C@H]2C[C@@H](F)[C@@H](F)C2)c2ccc(S(C)(=O)=O)cc2)cn1. The zero-order valence-corrected chi connectivity index (χ0v) is 17.5. The second-order valence-electron chi connectivity index (χ2n) is 7.34. The first kappa shape index (κ1) is 22.0. The van der Waals surface area contributed by atoms with Gasteiger partial charge in [-0.25, -0.2) is 22.2 Å². The summed E-state index contributed by atoms with van der Waals surface area (Å²) in [6, 6.07) is 5.79. The van der Waals surface area contributed by atoms with Gasteiger partial charge in [0.15, 0.2) is 15.7 Å². The van der Waals surface area contributed by atoms with E-state index in [-0.39, 0.29) is 29.1 Å². The lowest BCUT2D eigenvalue weighted by atomic mass is 9.98. The Balaban J connectivity index is 1.91. The minimum absolute atomic E-state index is 0.00955. The van der Waals surface area contributed by atoms with Crippen molar-refractivity contribution >= 4 is 27.1 Å². The molecule has 9 heteroatoms. The molecule has 1 aliphatic rings. The van der Waals surface area contributed by atoms with E-state index in [1.54, 1.807) is 12.3 Å². The maximum absolute atomic E-state index is 13.6. The van der Waals surface area contributed by atoms with E-state index >= 15 is 0 Å². The molecular formula is C21H23F2N3O3S. The van der Waals surface area contributed by atoms with Gasteiger partial charge in [-0.05, 0) is 42.9 Å². The van der Waals surface area contributed by atoms with Crippen LogP contribution < -0.4 is 5.32 Å². The highest BCUT2D eigenvalue weighted by atomic mass is 32.2. The number of aromatic nitrogens is 2. The van der Waals surface area contributed by atoms with Crippen LogP contribution in [0.25, 0.3) is 5.57 Å². The van der Waals surface area contributed by atoms with Gasteiger partial charge < -0.3 is 5.32 Å². The number of carbonyl (C=O) groups excluding carboxylic acids is 1. The van der Waals surface area contributed by atoms with E-state index in [1.807, 2.05) is 6.92 Å². The van der Waals surface area contributed by atoms with Crippen LogP contribution in [0.3, 0.4) is 0 Å². The van der Waals surface area contributed by atoms with Crippen molar-refractivity contribution in [2.75, 3.05) is 11.6 Å². The summed E-state index contributed by atoms with van der Waals surface area (Å²) in [5, 5.41) is 2.65. The second kappa shape index (κ2) is 8.99. The van der Waals surface area contributed by atoms with Gasteiger partial charge in [0, 0.05) is 11.8 Å². The van der Waals surface area contributed by atoms with Gasteiger partial charge in [-0.2, -0.15) is 0 Å². The van der Waals surface area contributed by atoms with E-state index < -0.39 is 34.0 Å². The normalized spacial score (nSPS) is 22.1. The minimum Gasteiger partial charge on any atom is -0.305 e. The van der Waals surface area contributed by atoms with E-state index in [1.165, 1.54) is 30.5 Å². The standard InChI is InChI=1S/C21H23F2N3O3S/c1-3-15-11-25-20(12-24-15)26-21(27)17(8-13-9-18(22)19(23)10-13)14-4-6-16(7-5-14)30(2,28)29/h4-8,11-13,18-19H,3,9-10H2,1-2H3,(H,25,26,27)/b17-8+/t13-,18+,19-. The predicted octanol–water partition coefficient (Wildman–Crippen LogP) is 3.55. The van der Waals surface area contributed by atoms with Crippen LogP contribution in [0, 0.1) is 5.92 Å². The molecular weight excluding hydrogens is 412 g/mol. The molecule has 0 saturated heterocycles. The Morgan fingerprint density at radius 1 is 1.13 bits per heavy atom. The van der Waals surface area contributed by atoms with E-state index in [2.05, 4.69) is 15.3 Å². The first-order valence-electron chi connectivity index (χ1n) is 9.60. The number of sulfone groups is 1. The maximum Gasteiger partial charge on any atom is 0.257 e. The molecule has 160 valence electrons. The molecule has 3 atom stereocenters. The number of rotatable bonds is 6. The Bertz CT molecular complexity index is 1030. The zero-order chi connectivity index (χ0) is 21.9. The highest BCUT2D eigenvalue weighted by Crippen LogP contribution is 2.34. The molecule has 2 aromatic rings. The number of alkyl halides is 2. The molecule has 1 heterocycles. The second-order valence-corrected chi connectivity index (χ2v) is 9.36. The average molecular weight is 435 g/mol. The molecule has 1 aromatic carbocycles. The van der Waals surface area contributed by atoms with Crippen molar-refractivity contribution in [1.29, 1.82) is 0 Å². The summed E-state index contributed by atoms with van der Waals surface area (Å²) >= 11 is 0. The Kier molecular flexibility index (Phi) is 6.60. The third-order valence-corrected chi connectivity index (χ3v) is 6.13. The van der Waals surface area contributed by atoms with Crippen LogP contribution in [0.1, 0.15) is 31.0 Å². The summed E-state index contributed by atoms with van der Waals surface area (Å²) in [6.07, 6.45) is 3.19. The van der Waals surface area contributed by atoms with Crippen molar-refractivity contribution < 1.29 is 22.0 Å². The lowest BCUT2D eigenvalue weighted by molar-refractivity contribution is -0.111. The third-order valence-electron chi connectivity index (χ3n) is 5.00. The molecule has 0 aliphatic heterocycles. The summed E-state index contributed by atoms with van der Waals surface area (Å²) in [6.45, 7) is 1.93. The largest absolute Gasteiger partial charge is 0.305 e. The van der Waals surface area contributed by atoms with E-state index in [9.17, 15) is 22.0 Å². The Labute approximate surface area is 174 Å². The van der Waals surface area contributed by atoms with Gasteiger partial charge >= 0.3 is 0 Å². The molecule has 30 heavy (non-hydrogen) atoms. The van der Waals surface area contributed by atoms with Crippen molar-refractivity contribution in [3.8, 4) is 0 Å². The monoisotopic (exact) mass is 435 g/mol. The third kappa shape index (κ3) is 5.27. The molecule has 0 radical (unpaired) electrons. The number of halogens is 2. The van der Waals surface area contributed by atoms with Gasteiger partial charge in [0.05, 0.1) is 23.0 Å². The number of benzene rings is 1. The summed E-state index contributed by atoms with van der Waals surface area (Å²) in [5.41, 5.74) is 1.41. The molecule has 1 saturated carbocycles. The Hall–Kier alpha value is -2.68. The molecule has 0 unspecified atom stereocenters. The molecule has 1 aromatic heterocycles. The number of nitrogens with one attached hydrogen (secondary N) is 1. The first-order chi connectivity index (χ1) is 14.2. The van der Waals surface area contributed by atoms with E-state index in [4.69, 9.17) is 0 Å². The van der Waals surface area contributed by atoms with Crippen LogP contribution in [0.2, 0.25) is 0 Å². The van der Waals surface area contributed by atoms with Crippen molar-refractivity contribution in [2.24, 2.45) is 5.92 Å². The summed E-state index contributed by atoms with van der Waals surface area (Å²) < 4.78 is 50.7. The maximum atomic E-state index is 13.6. The predicted molar refractivity (Wildman–Crippen MR) is 110 cm³/mol. The van der Waals surface area contributed by atoms with Crippen LogP contribution in [-0.2, 0) is 21.1 Å². The van der Waals surface area contributed by atoms with Gasteiger partial charge in [0.1, 0.15) is 12.3 Å². The number of hydrogen-bond donors (Lipinski definition) is 1. The molecule has 1 aliphatic carbocycles. The van der Waals surface area contributed by atoms with E-state index in [0.29, 0.717) is 12.0 Å². The molecule has 1 amide bonds. The van der Waals surface area contributed by atoms with Gasteiger partial charge in [-0.3, -0.25) is 9.78 Å². The van der Waals surface area contributed by atoms with Crippen LogP contribution in [-0.4, -0.2) is 42.9 Å². The molecule has 1 N–H and O–H groups in total. The highest BCUT2D eigenvalue weighted by molar-refractivity contribution is 7.90. The molecule has 0 spiro atoms. The van der Waals surface area contributed by atoms with Crippen molar-refractivity contribution in [1.82, 2.24) is 9.97 Å². The van der Waals surface area contributed by atoms with Gasteiger partial charge in [0.2, 0.25) is 0 Å². The number of hydrogen-bond acceptors (Lipinski definition) is 5. The lowest BCUT2D eigenvalue weighted by Crippen LogP contribution is -2.16. The fourth-order valence-electron chi connectivity index (χ4n) is 3.31. The summed E-state index contributed by atoms with van der Waals surface area (Å²) in [7, 11) is -3.40. The molecule has 3 rings (SSSR count). The van der Waals surface area contributed by atoms with Crippen molar-refractivity contribution in [3.63, 3.8) is 0 Å². The van der Waals surface area contributed by atoms with Gasteiger partial charge in [-0.15, -0.1) is 0 Å². The van der Waals surface area contributed by atoms with Gasteiger partial charge in [-0.1, -0.05) is 25.1 Å². The fourth-order valence-corrected chi connectivity index (χ4v) is 3.94. The van der Waals surface area contributed by atoms with Crippen molar-refractivity contribution in [2.45, 2.75) is 43.4 Å². The highest BCUT2D eigenvalue weighted by Gasteiger charge is 2.34. The van der Waals surface area contributed by atoms with Crippen molar-refractivity contribution in [3.05, 3.63) is 54.0 Å². The first-order valence-corrected chi connectivity index (χ1v) is 11.5. The number of allylic oxidation sites excluding steroid dienone is 1. The van der Waals surface area contributed by atoms with Crippen LogP contribution >= 0.6 is 0 Å². The quantitative estimate of drug-likeness (QED) is 0.701. The number of carbonyl (C=O) groups is 1. The van der Waals surface area contributed by atoms with E-state index in [0.717, 1.165) is 11.9 Å². The molecule has 6 nitrogen and oxygen atoms in total. The van der Waals surface area contributed by atoms with Gasteiger partial charge in [0.25, 0.3) is 5.91 Å². The summed E-state index contributed by atoms with van der Waals surface area (Å²) in [4.78, 5) is 21.4. The van der Waals surface area contributed by atoms with Crippen LogP contribution in [0.4, 0.5) is 14.6 Å². The average Bonchev–Trinajstić information content (AvgIpc) is 3.03. The minimum atomic E-state index is -3.40. The summed E-state index contributed by atoms with van der Waals surface area (Å²) in [5.74, 6) is -0.716. The lowest BCUT2D eigenvalue weighted by Gasteiger charge is -2.12. The number of amides is 1. The fraction of sp³-hybridized carbons (Fsp3) is 0.381. The number of anilines is 1.